The standard InChI is InChI=1S/C22H22N2O2/c1-15-12-20(19-4-2-3-5-21(19)24-15)17-6-8-18(9-7-17)22(25)23-13-16-10-11-26-14-16/h2-9,12,16H,10-11,13-14H2,1H3,(H,23,25)/t16-/m1/s1. The van der Waals surface area contributed by atoms with E-state index >= 15 is 0 Å². The van der Waals surface area contributed by atoms with Gasteiger partial charge in [-0.3, -0.25) is 9.78 Å². The minimum absolute atomic E-state index is 0.0285. The fourth-order valence-corrected chi connectivity index (χ4v) is 3.43. The van der Waals surface area contributed by atoms with E-state index < -0.39 is 0 Å². The molecule has 26 heavy (non-hydrogen) atoms. The largest absolute Gasteiger partial charge is 0.381 e. The summed E-state index contributed by atoms with van der Waals surface area (Å²) < 4.78 is 5.35. The van der Waals surface area contributed by atoms with Crippen molar-refractivity contribution in [2.24, 2.45) is 5.92 Å². The van der Waals surface area contributed by atoms with Crippen LogP contribution in [0.3, 0.4) is 0 Å². The molecule has 132 valence electrons. The maximum Gasteiger partial charge on any atom is 0.251 e. The van der Waals surface area contributed by atoms with E-state index in [4.69, 9.17) is 4.74 Å². The van der Waals surface area contributed by atoms with Crippen molar-refractivity contribution in [3.8, 4) is 11.1 Å². The van der Waals surface area contributed by atoms with E-state index in [-0.39, 0.29) is 5.91 Å². The lowest BCUT2D eigenvalue weighted by molar-refractivity contribution is 0.0945. The monoisotopic (exact) mass is 346 g/mol. The highest BCUT2D eigenvalue weighted by Gasteiger charge is 2.17. The maximum absolute atomic E-state index is 12.4. The maximum atomic E-state index is 12.4. The Labute approximate surface area is 153 Å². The molecule has 0 aliphatic carbocycles. The van der Waals surface area contributed by atoms with Crippen LogP contribution in [0.15, 0.2) is 54.6 Å². The molecule has 4 heteroatoms. The molecular formula is C22H22N2O2. The van der Waals surface area contributed by atoms with Crippen molar-refractivity contribution in [1.82, 2.24) is 10.3 Å². The molecule has 1 fully saturated rings. The molecular weight excluding hydrogens is 324 g/mol. The first-order valence-corrected chi connectivity index (χ1v) is 9.03. The van der Waals surface area contributed by atoms with Gasteiger partial charge in [0.1, 0.15) is 0 Å². The first kappa shape index (κ1) is 16.7. The molecule has 0 saturated carbocycles. The second-order valence-electron chi connectivity index (χ2n) is 6.85. The van der Waals surface area contributed by atoms with Gasteiger partial charge in [-0.2, -0.15) is 0 Å². The zero-order chi connectivity index (χ0) is 17.9. The van der Waals surface area contributed by atoms with E-state index in [2.05, 4.69) is 22.4 Å². The van der Waals surface area contributed by atoms with Crippen LogP contribution in [-0.2, 0) is 4.74 Å². The number of rotatable bonds is 4. The molecule has 2 aromatic carbocycles. The molecule has 1 aliphatic rings. The molecule has 1 atom stereocenters. The topological polar surface area (TPSA) is 51.2 Å². The van der Waals surface area contributed by atoms with Gasteiger partial charge in [0.25, 0.3) is 5.91 Å². The minimum Gasteiger partial charge on any atom is -0.381 e. The van der Waals surface area contributed by atoms with Gasteiger partial charge < -0.3 is 10.1 Å². The highest BCUT2D eigenvalue weighted by molar-refractivity contribution is 5.97. The Morgan fingerprint density at radius 2 is 2.00 bits per heavy atom. The number of amides is 1. The number of ether oxygens (including phenoxy) is 1. The highest BCUT2D eigenvalue weighted by atomic mass is 16.5. The fraction of sp³-hybridized carbons (Fsp3) is 0.273. The summed E-state index contributed by atoms with van der Waals surface area (Å²) in [6.45, 7) is 4.22. The molecule has 4 rings (SSSR count). The van der Waals surface area contributed by atoms with Gasteiger partial charge in [0.15, 0.2) is 0 Å². The number of carbonyl (C=O) groups excluding carboxylic acids is 1. The molecule has 1 amide bonds. The van der Waals surface area contributed by atoms with Crippen molar-refractivity contribution in [3.05, 3.63) is 65.9 Å². The Hall–Kier alpha value is -2.72. The number of nitrogens with zero attached hydrogens (tertiary/aromatic N) is 1. The lowest BCUT2D eigenvalue weighted by atomic mass is 9.99. The smallest absolute Gasteiger partial charge is 0.251 e. The molecule has 1 aliphatic heterocycles. The predicted octanol–water partition coefficient (Wildman–Crippen LogP) is 3.98. The van der Waals surface area contributed by atoms with Gasteiger partial charge in [-0.25, -0.2) is 0 Å². The molecule has 1 N–H and O–H groups in total. The molecule has 0 unspecified atom stereocenters. The van der Waals surface area contributed by atoms with Crippen LogP contribution in [0.5, 0.6) is 0 Å². The molecule has 0 spiro atoms. The number of aromatic nitrogens is 1. The van der Waals surface area contributed by atoms with E-state index in [0.717, 1.165) is 47.4 Å². The van der Waals surface area contributed by atoms with Gasteiger partial charge in [0.2, 0.25) is 0 Å². The normalized spacial score (nSPS) is 16.7. The van der Waals surface area contributed by atoms with Gasteiger partial charge in [-0.1, -0.05) is 30.3 Å². The minimum atomic E-state index is -0.0285. The van der Waals surface area contributed by atoms with Crippen molar-refractivity contribution in [2.45, 2.75) is 13.3 Å². The Kier molecular flexibility index (Phi) is 4.67. The number of hydrogen-bond acceptors (Lipinski definition) is 3. The lowest BCUT2D eigenvalue weighted by Crippen LogP contribution is -2.29. The molecule has 1 aromatic heterocycles. The Bertz CT molecular complexity index is 929. The van der Waals surface area contributed by atoms with Crippen molar-refractivity contribution < 1.29 is 9.53 Å². The summed E-state index contributed by atoms with van der Waals surface area (Å²) in [5, 5.41) is 4.13. The molecule has 3 aromatic rings. The summed E-state index contributed by atoms with van der Waals surface area (Å²) >= 11 is 0. The van der Waals surface area contributed by atoms with Gasteiger partial charge in [-0.05, 0) is 48.7 Å². The van der Waals surface area contributed by atoms with Crippen LogP contribution in [0.1, 0.15) is 22.5 Å². The Morgan fingerprint density at radius 3 is 2.77 bits per heavy atom. The number of nitrogens with one attached hydrogen (secondary N) is 1. The number of carbonyl (C=O) groups is 1. The summed E-state index contributed by atoms with van der Waals surface area (Å²) in [5.41, 5.74) is 4.89. The van der Waals surface area contributed by atoms with Gasteiger partial charge in [0.05, 0.1) is 12.1 Å². The van der Waals surface area contributed by atoms with Crippen molar-refractivity contribution in [1.29, 1.82) is 0 Å². The Morgan fingerprint density at radius 1 is 1.19 bits per heavy atom. The molecule has 2 heterocycles. The average molecular weight is 346 g/mol. The number of para-hydroxylation sites is 1. The van der Waals surface area contributed by atoms with Crippen LogP contribution in [0.2, 0.25) is 0 Å². The highest BCUT2D eigenvalue weighted by Crippen LogP contribution is 2.28. The SMILES string of the molecule is Cc1cc(-c2ccc(C(=O)NC[C@H]3CCOC3)cc2)c2ccccc2n1. The zero-order valence-corrected chi connectivity index (χ0v) is 14.9. The summed E-state index contributed by atoms with van der Waals surface area (Å²) in [5.74, 6) is 0.406. The van der Waals surface area contributed by atoms with E-state index in [0.29, 0.717) is 18.0 Å². The van der Waals surface area contributed by atoms with Gasteiger partial charge in [0, 0.05) is 35.7 Å². The van der Waals surface area contributed by atoms with Crippen LogP contribution in [0, 0.1) is 12.8 Å². The van der Waals surface area contributed by atoms with E-state index in [1.165, 1.54) is 0 Å². The van der Waals surface area contributed by atoms with Gasteiger partial charge in [-0.15, -0.1) is 0 Å². The van der Waals surface area contributed by atoms with Gasteiger partial charge >= 0.3 is 0 Å². The number of fused-ring (bicyclic) bond motifs is 1. The molecule has 1 saturated heterocycles. The van der Waals surface area contributed by atoms with Crippen LogP contribution in [0.25, 0.3) is 22.0 Å². The van der Waals surface area contributed by atoms with Crippen molar-refractivity contribution >= 4 is 16.8 Å². The molecule has 0 bridgehead atoms. The Balaban J connectivity index is 1.55. The van der Waals surface area contributed by atoms with E-state index in [1.54, 1.807) is 0 Å². The first-order chi connectivity index (χ1) is 12.7. The third-order valence-corrected chi connectivity index (χ3v) is 4.88. The van der Waals surface area contributed by atoms with Crippen molar-refractivity contribution in [2.75, 3.05) is 19.8 Å². The number of pyridine rings is 1. The molecule has 4 nitrogen and oxygen atoms in total. The number of aryl methyl sites for hydroxylation is 1. The van der Waals surface area contributed by atoms with Crippen LogP contribution in [0.4, 0.5) is 0 Å². The second-order valence-corrected chi connectivity index (χ2v) is 6.85. The van der Waals surface area contributed by atoms with E-state index in [9.17, 15) is 4.79 Å². The van der Waals surface area contributed by atoms with Crippen LogP contribution >= 0.6 is 0 Å². The van der Waals surface area contributed by atoms with Crippen LogP contribution < -0.4 is 5.32 Å². The number of benzene rings is 2. The third kappa shape index (κ3) is 3.46. The predicted molar refractivity (Wildman–Crippen MR) is 103 cm³/mol. The van der Waals surface area contributed by atoms with Crippen molar-refractivity contribution in [3.63, 3.8) is 0 Å². The lowest BCUT2D eigenvalue weighted by Gasteiger charge is -2.11. The molecule has 0 radical (unpaired) electrons. The summed E-state index contributed by atoms with van der Waals surface area (Å²) in [7, 11) is 0. The zero-order valence-electron chi connectivity index (χ0n) is 14.9. The fourth-order valence-electron chi connectivity index (χ4n) is 3.43. The third-order valence-electron chi connectivity index (χ3n) is 4.88. The van der Waals surface area contributed by atoms with E-state index in [1.807, 2.05) is 49.4 Å². The average Bonchev–Trinajstić information content (AvgIpc) is 3.19. The number of hydrogen-bond donors (Lipinski definition) is 1. The first-order valence-electron chi connectivity index (χ1n) is 9.03. The summed E-state index contributed by atoms with van der Waals surface area (Å²) in [6.07, 6.45) is 1.02. The van der Waals surface area contributed by atoms with Crippen LogP contribution in [-0.4, -0.2) is 30.6 Å². The summed E-state index contributed by atoms with van der Waals surface area (Å²) in [4.78, 5) is 16.9. The summed E-state index contributed by atoms with van der Waals surface area (Å²) in [6, 6.07) is 18.0. The quantitative estimate of drug-likeness (QED) is 0.777. The second kappa shape index (κ2) is 7.26.